The van der Waals surface area contributed by atoms with Gasteiger partial charge in [-0.05, 0) is 39.7 Å². The number of hydrogen-bond acceptors (Lipinski definition) is 7. The van der Waals surface area contributed by atoms with E-state index in [9.17, 15) is 14.4 Å². The molecule has 0 bridgehead atoms. The summed E-state index contributed by atoms with van der Waals surface area (Å²) in [6, 6.07) is -0.741. The van der Waals surface area contributed by atoms with Crippen LogP contribution in [0, 0.1) is 6.92 Å². The van der Waals surface area contributed by atoms with Gasteiger partial charge in [0.25, 0.3) is 5.56 Å². The second kappa shape index (κ2) is 7.77. The largest absolute Gasteiger partial charge is 0.464 e. The van der Waals surface area contributed by atoms with Gasteiger partial charge >= 0.3 is 11.9 Å². The van der Waals surface area contributed by atoms with Crippen LogP contribution >= 0.6 is 11.3 Å². The number of esters is 2. The Morgan fingerprint density at radius 1 is 1.32 bits per heavy atom. The van der Waals surface area contributed by atoms with Gasteiger partial charge in [-0.1, -0.05) is 6.92 Å². The molecular formula is C17H22N2O5S. The van der Waals surface area contributed by atoms with E-state index in [2.05, 4.69) is 4.98 Å². The number of ether oxygens (including phenoxy) is 2. The number of rotatable bonds is 6. The van der Waals surface area contributed by atoms with Crippen LogP contribution in [0.4, 0.5) is 0 Å². The molecule has 1 atom stereocenters. The third kappa shape index (κ3) is 3.73. The monoisotopic (exact) mass is 366 g/mol. The van der Waals surface area contributed by atoms with E-state index in [-0.39, 0.29) is 18.3 Å². The molecule has 0 aliphatic carbocycles. The lowest BCUT2D eigenvalue weighted by Crippen LogP contribution is -2.31. The van der Waals surface area contributed by atoms with Crippen LogP contribution in [0.2, 0.25) is 0 Å². The van der Waals surface area contributed by atoms with Gasteiger partial charge in [-0.3, -0.25) is 9.36 Å². The lowest BCUT2D eigenvalue weighted by molar-refractivity contribution is -0.147. The van der Waals surface area contributed by atoms with Crippen LogP contribution in [0.1, 0.15) is 55.4 Å². The number of carbonyl (C=O) groups excluding carboxylic acids is 2. The van der Waals surface area contributed by atoms with Crippen molar-refractivity contribution < 1.29 is 19.1 Å². The maximum atomic E-state index is 12.9. The zero-order valence-corrected chi connectivity index (χ0v) is 15.8. The van der Waals surface area contributed by atoms with Crippen molar-refractivity contribution in [2.75, 3.05) is 6.61 Å². The Morgan fingerprint density at radius 3 is 2.56 bits per heavy atom. The summed E-state index contributed by atoms with van der Waals surface area (Å²) in [4.78, 5) is 42.3. The SMILES string of the molecule is CCOC(=O)C(CC)n1cnc2sc(C(=O)OC(C)C)c(C)c2c1=O. The molecular weight excluding hydrogens is 344 g/mol. The van der Waals surface area contributed by atoms with Gasteiger partial charge in [-0.25, -0.2) is 14.6 Å². The highest BCUT2D eigenvalue weighted by atomic mass is 32.1. The van der Waals surface area contributed by atoms with Crippen LogP contribution in [0.15, 0.2) is 11.1 Å². The molecule has 25 heavy (non-hydrogen) atoms. The van der Waals surface area contributed by atoms with Crippen molar-refractivity contribution in [3.8, 4) is 0 Å². The fraction of sp³-hybridized carbons (Fsp3) is 0.529. The quantitative estimate of drug-likeness (QED) is 0.731. The number of hydrogen-bond donors (Lipinski definition) is 0. The minimum Gasteiger partial charge on any atom is -0.464 e. The third-order valence-electron chi connectivity index (χ3n) is 3.69. The summed E-state index contributed by atoms with van der Waals surface area (Å²) >= 11 is 1.12. The van der Waals surface area contributed by atoms with Crippen molar-refractivity contribution in [3.05, 3.63) is 27.1 Å². The van der Waals surface area contributed by atoms with Gasteiger partial charge < -0.3 is 9.47 Å². The van der Waals surface area contributed by atoms with Crippen molar-refractivity contribution in [2.24, 2.45) is 0 Å². The molecule has 2 heterocycles. The number of carbonyl (C=O) groups is 2. The lowest BCUT2D eigenvalue weighted by atomic mass is 10.2. The predicted molar refractivity (Wildman–Crippen MR) is 95.1 cm³/mol. The van der Waals surface area contributed by atoms with E-state index in [0.29, 0.717) is 27.1 Å². The summed E-state index contributed by atoms with van der Waals surface area (Å²) in [5.74, 6) is -0.945. The molecule has 0 amide bonds. The third-order valence-corrected chi connectivity index (χ3v) is 4.87. The van der Waals surface area contributed by atoms with Crippen molar-refractivity contribution >= 4 is 33.5 Å². The Hall–Kier alpha value is -2.22. The Balaban J connectivity index is 2.56. The molecule has 0 radical (unpaired) electrons. The van der Waals surface area contributed by atoms with Gasteiger partial charge in [0.15, 0.2) is 0 Å². The van der Waals surface area contributed by atoms with Crippen LogP contribution in [0.5, 0.6) is 0 Å². The molecule has 1 unspecified atom stereocenters. The summed E-state index contributed by atoms with van der Waals surface area (Å²) in [6.45, 7) is 8.96. The Kier molecular flexibility index (Phi) is 5.94. The van der Waals surface area contributed by atoms with Gasteiger partial charge in [0, 0.05) is 0 Å². The maximum absolute atomic E-state index is 12.9. The van der Waals surface area contributed by atoms with Gasteiger partial charge in [0.1, 0.15) is 15.7 Å². The summed E-state index contributed by atoms with van der Waals surface area (Å²) in [5.41, 5.74) is 0.165. The first-order valence-corrected chi connectivity index (χ1v) is 9.01. The molecule has 0 aliphatic rings. The van der Waals surface area contributed by atoms with Crippen LogP contribution < -0.4 is 5.56 Å². The minimum atomic E-state index is -0.741. The molecule has 0 aromatic carbocycles. The van der Waals surface area contributed by atoms with Gasteiger partial charge in [-0.2, -0.15) is 0 Å². The van der Waals surface area contributed by atoms with Crippen molar-refractivity contribution in [1.82, 2.24) is 9.55 Å². The molecule has 0 spiro atoms. The standard InChI is InChI=1S/C17H22N2O5S/c1-6-11(16(21)23-7-2)19-8-18-14-12(15(19)20)10(5)13(25-14)17(22)24-9(3)4/h8-9,11H,6-7H2,1-5H3. The molecule has 2 rings (SSSR count). The Labute approximate surface area is 149 Å². The molecule has 8 heteroatoms. The van der Waals surface area contributed by atoms with Crippen LogP contribution in [-0.2, 0) is 14.3 Å². The minimum absolute atomic E-state index is 0.239. The number of aromatic nitrogens is 2. The number of fused-ring (bicyclic) bond motifs is 1. The zero-order valence-electron chi connectivity index (χ0n) is 15.0. The van der Waals surface area contributed by atoms with Gasteiger partial charge in [0.2, 0.25) is 0 Å². The van der Waals surface area contributed by atoms with Crippen LogP contribution in [-0.4, -0.2) is 34.2 Å². The second-order valence-corrected chi connectivity index (χ2v) is 6.82. The summed E-state index contributed by atoms with van der Waals surface area (Å²) in [7, 11) is 0. The molecule has 0 saturated heterocycles. The highest BCUT2D eigenvalue weighted by Gasteiger charge is 2.25. The highest BCUT2D eigenvalue weighted by molar-refractivity contribution is 7.20. The topological polar surface area (TPSA) is 87.5 Å². The van der Waals surface area contributed by atoms with Crippen LogP contribution in [0.3, 0.4) is 0 Å². The molecule has 0 aliphatic heterocycles. The second-order valence-electron chi connectivity index (χ2n) is 5.82. The fourth-order valence-electron chi connectivity index (χ4n) is 2.54. The molecule has 2 aromatic heterocycles. The predicted octanol–water partition coefficient (Wildman–Crippen LogP) is 2.85. The van der Waals surface area contributed by atoms with E-state index in [0.717, 1.165) is 11.3 Å². The number of aryl methyl sites for hydroxylation is 1. The van der Waals surface area contributed by atoms with Crippen LogP contribution in [0.25, 0.3) is 10.2 Å². The van der Waals surface area contributed by atoms with Crippen molar-refractivity contribution in [3.63, 3.8) is 0 Å². The van der Waals surface area contributed by atoms with E-state index < -0.39 is 18.0 Å². The van der Waals surface area contributed by atoms with Crippen molar-refractivity contribution in [2.45, 2.75) is 53.2 Å². The van der Waals surface area contributed by atoms with E-state index in [1.54, 1.807) is 34.6 Å². The molecule has 2 aromatic rings. The first-order valence-electron chi connectivity index (χ1n) is 8.19. The van der Waals surface area contributed by atoms with Gasteiger partial charge in [0.05, 0.1) is 24.4 Å². The molecule has 0 saturated carbocycles. The fourth-order valence-corrected chi connectivity index (χ4v) is 3.56. The smallest absolute Gasteiger partial charge is 0.348 e. The van der Waals surface area contributed by atoms with Gasteiger partial charge in [-0.15, -0.1) is 11.3 Å². The van der Waals surface area contributed by atoms with E-state index in [1.807, 2.05) is 0 Å². The van der Waals surface area contributed by atoms with E-state index in [4.69, 9.17) is 9.47 Å². The van der Waals surface area contributed by atoms with E-state index in [1.165, 1.54) is 10.9 Å². The van der Waals surface area contributed by atoms with Crippen molar-refractivity contribution in [1.29, 1.82) is 0 Å². The summed E-state index contributed by atoms with van der Waals surface area (Å²) < 4.78 is 11.5. The molecule has 136 valence electrons. The average molecular weight is 366 g/mol. The lowest BCUT2D eigenvalue weighted by Gasteiger charge is -2.16. The maximum Gasteiger partial charge on any atom is 0.348 e. The highest BCUT2D eigenvalue weighted by Crippen LogP contribution is 2.28. The Morgan fingerprint density at radius 2 is 2.00 bits per heavy atom. The number of nitrogens with zero attached hydrogens (tertiary/aromatic N) is 2. The molecule has 0 fully saturated rings. The summed E-state index contributed by atoms with van der Waals surface area (Å²) in [6.07, 6.45) is 1.48. The first-order chi connectivity index (χ1) is 11.8. The number of thiophene rings is 1. The molecule has 0 N–H and O–H groups in total. The Bertz CT molecular complexity index is 853. The normalized spacial score (nSPS) is 12.4. The summed E-state index contributed by atoms with van der Waals surface area (Å²) in [5, 5.41) is 0.339. The zero-order chi connectivity index (χ0) is 18.7. The average Bonchev–Trinajstić information content (AvgIpc) is 2.87. The van der Waals surface area contributed by atoms with E-state index >= 15 is 0 Å². The first kappa shape index (κ1) is 19.1. The molecule has 7 nitrogen and oxygen atoms in total.